The highest BCUT2D eigenvalue weighted by Gasteiger charge is 2.07. The number of aliphatic hydroxyl groups is 1. The van der Waals surface area contributed by atoms with Crippen molar-refractivity contribution < 1.29 is 15.5 Å². The third-order valence-corrected chi connectivity index (χ3v) is 1.27. The monoisotopic (exact) mass is 132 g/mol. The molecular weight excluding hydrogens is 120 g/mol. The number of aliphatic hydroxyl groups excluding tert-OH is 1. The molecule has 0 saturated heterocycles. The Morgan fingerprint density at radius 1 is 1.67 bits per heavy atom. The summed E-state index contributed by atoms with van der Waals surface area (Å²) >= 11 is 0. The lowest BCUT2D eigenvalue weighted by atomic mass is 10.5. The van der Waals surface area contributed by atoms with Crippen LogP contribution in [0.3, 0.4) is 0 Å². The smallest absolute Gasteiger partial charge is 0.183 e. The first-order chi connectivity index (χ1) is 3.93. The van der Waals surface area contributed by atoms with Crippen LogP contribution >= 0.6 is 0 Å². The molecule has 9 heavy (non-hydrogen) atoms. The molecule has 0 spiro atoms. The van der Waals surface area contributed by atoms with Crippen LogP contribution in [-0.2, 0) is 0 Å². The summed E-state index contributed by atoms with van der Waals surface area (Å²) in [6.07, 6.45) is 1.87. The summed E-state index contributed by atoms with van der Waals surface area (Å²) in [4.78, 5) is 5.29. The molecule has 1 aliphatic heterocycles. The Kier molecular flexibility index (Phi) is 4.21. The molecule has 1 heterocycles. The van der Waals surface area contributed by atoms with E-state index in [9.17, 15) is 0 Å². The van der Waals surface area contributed by atoms with Crippen molar-refractivity contribution in [2.75, 3.05) is 26.2 Å². The Labute approximate surface area is 54.1 Å². The lowest BCUT2D eigenvalue weighted by Crippen LogP contribution is -3.10. The molecule has 3 N–H and O–H groups in total. The number of rotatable bonds is 2. The van der Waals surface area contributed by atoms with E-state index in [1.54, 1.807) is 0 Å². The van der Waals surface area contributed by atoms with Gasteiger partial charge in [0.05, 0.1) is 13.2 Å². The molecule has 0 saturated carbocycles. The van der Waals surface area contributed by atoms with Gasteiger partial charge in [-0.15, -0.1) is 0 Å². The van der Waals surface area contributed by atoms with E-state index in [4.69, 9.17) is 5.11 Å². The second-order valence-corrected chi connectivity index (χ2v) is 1.92. The summed E-state index contributed by atoms with van der Waals surface area (Å²) < 4.78 is 0. The van der Waals surface area contributed by atoms with Crippen LogP contribution in [0.25, 0.3) is 0 Å². The highest BCUT2D eigenvalue weighted by atomic mass is 16.3. The number of aliphatic imine (C=N–C) groups is 1. The third-order valence-electron chi connectivity index (χ3n) is 1.27. The highest BCUT2D eigenvalue weighted by Crippen LogP contribution is 1.65. The maximum absolute atomic E-state index is 8.44. The zero-order valence-corrected chi connectivity index (χ0v) is 5.25. The van der Waals surface area contributed by atoms with Crippen LogP contribution in [0.5, 0.6) is 0 Å². The second-order valence-electron chi connectivity index (χ2n) is 1.92. The van der Waals surface area contributed by atoms with Crippen molar-refractivity contribution in [3.8, 4) is 0 Å². The van der Waals surface area contributed by atoms with Crippen molar-refractivity contribution in [1.82, 2.24) is 0 Å². The van der Waals surface area contributed by atoms with Gasteiger partial charge in [0.1, 0.15) is 13.1 Å². The minimum absolute atomic E-state index is 0. The van der Waals surface area contributed by atoms with Crippen molar-refractivity contribution >= 4 is 6.34 Å². The Morgan fingerprint density at radius 3 is 2.89 bits per heavy atom. The molecule has 54 valence electrons. The van der Waals surface area contributed by atoms with Gasteiger partial charge >= 0.3 is 0 Å². The van der Waals surface area contributed by atoms with E-state index in [0.29, 0.717) is 0 Å². The predicted molar refractivity (Wildman–Crippen MR) is 33.1 cm³/mol. The average Bonchev–Trinajstić information content (AvgIpc) is 2.19. The van der Waals surface area contributed by atoms with Crippen LogP contribution in [0.1, 0.15) is 0 Å². The van der Waals surface area contributed by atoms with E-state index in [-0.39, 0.29) is 12.1 Å². The van der Waals surface area contributed by atoms with Crippen LogP contribution < -0.4 is 4.90 Å². The van der Waals surface area contributed by atoms with Crippen LogP contribution in [0.2, 0.25) is 0 Å². The predicted octanol–water partition coefficient (Wildman–Crippen LogP) is -2.27. The standard InChI is InChI=1S/C5H10N2O.H2O/c8-4-3-7-2-1-6-5-7;/h5,8H,1-4H2;1H2. The van der Waals surface area contributed by atoms with Gasteiger partial charge in [-0.1, -0.05) is 0 Å². The fourth-order valence-corrected chi connectivity index (χ4v) is 0.800. The van der Waals surface area contributed by atoms with Gasteiger partial charge in [0.15, 0.2) is 6.34 Å². The van der Waals surface area contributed by atoms with Crippen molar-refractivity contribution in [3.63, 3.8) is 0 Å². The molecular formula is C5H12N2O2. The fraction of sp³-hybridized carbons (Fsp3) is 0.800. The summed E-state index contributed by atoms with van der Waals surface area (Å²) in [5.74, 6) is 0. The Morgan fingerprint density at radius 2 is 2.44 bits per heavy atom. The molecule has 1 unspecified atom stereocenters. The highest BCUT2D eigenvalue weighted by molar-refractivity contribution is 5.44. The molecule has 0 aromatic carbocycles. The Bertz CT molecular complexity index is 95.0. The van der Waals surface area contributed by atoms with Crippen molar-refractivity contribution in [1.29, 1.82) is 0 Å². The van der Waals surface area contributed by atoms with E-state index in [1.807, 2.05) is 6.34 Å². The molecule has 0 bridgehead atoms. The van der Waals surface area contributed by atoms with Crippen LogP contribution in [-0.4, -0.2) is 43.2 Å². The van der Waals surface area contributed by atoms with Gasteiger partial charge < -0.3 is 10.6 Å². The lowest BCUT2D eigenvalue weighted by Gasteiger charge is -2.03. The number of quaternary nitrogens is 1. The number of nitrogens with one attached hydrogen (secondary N) is 1. The average molecular weight is 132 g/mol. The quantitative estimate of drug-likeness (QED) is 0.445. The Hall–Kier alpha value is -0.450. The first kappa shape index (κ1) is 8.55. The van der Waals surface area contributed by atoms with E-state index in [1.165, 1.54) is 4.90 Å². The molecule has 0 amide bonds. The van der Waals surface area contributed by atoms with Crippen LogP contribution in [0.4, 0.5) is 0 Å². The topological polar surface area (TPSA) is 67.0 Å². The molecule has 0 aliphatic carbocycles. The molecule has 1 aliphatic rings. The maximum Gasteiger partial charge on any atom is 0.183 e. The minimum Gasteiger partial charge on any atom is -0.870 e. The first-order valence-corrected chi connectivity index (χ1v) is 2.89. The Balaban J connectivity index is 0.000000640. The summed E-state index contributed by atoms with van der Waals surface area (Å²) in [5, 5.41) is 8.44. The molecule has 0 fully saturated rings. The van der Waals surface area contributed by atoms with Crippen molar-refractivity contribution in [3.05, 3.63) is 0 Å². The fourth-order valence-electron chi connectivity index (χ4n) is 0.800. The summed E-state index contributed by atoms with van der Waals surface area (Å²) in [6, 6.07) is 0. The first-order valence-electron chi connectivity index (χ1n) is 2.89. The van der Waals surface area contributed by atoms with Gasteiger partial charge in [-0.05, 0) is 0 Å². The number of hydrogen-bond donors (Lipinski definition) is 2. The lowest BCUT2D eigenvalue weighted by molar-refractivity contribution is -0.791. The molecule has 1 rings (SSSR count). The van der Waals surface area contributed by atoms with E-state index in [2.05, 4.69) is 4.99 Å². The summed E-state index contributed by atoms with van der Waals surface area (Å²) in [6.45, 7) is 3.06. The molecule has 1 atom stereocenters. The molecule has 0 aromatic rings. The van der Waals surface area contributed by atoms with Crippen LogP contribution in [0.15, 0.2) is 4.99 Å². The summed E-state index contributed by atoms with van der Waals surface area (Å²) in [7, 11) is 0. The molecule has 0 aromatic heterocycles. The molecule has 4 nitrogen and oxygen atoms in total. The van der Waals surface area contributed by atoms with E-state index in [0.717, 1.165) is 19.6 Å². The van der Waals surface area contributed by atoms with Crippen molar-refractivity contribution in [2.45, 2.75) is 0 Å². The summed E-state index contributed by atoms with van der Waals surface area (Å²) in [5.41, 5.74) is 0. The zero-order valence-electron chi connectivity index (χ0n) is 5.25. The maximum atomic E-state index is 8.44. The van der Waals surface area contributed by atoms with Gasteiger partial charge in [0.2, 0.25) is 0 Å². The minimum atomic E-state index is 0. The normalized spacial score (nSPS) is 23.9. The van der Waals surface area contributed by atoms with Crippen molar-refractivity contribution in [2.24, 2.45) is 4.99 Å². The van der Waals surface area contributed by atoms with Gasteiger partial charge in [0.25, 0.3) is 0 Å². The number of nitrogens with zero attached hydrogens (tertiary/aromatic N) is 1. The van der Waals surface area contributed by atoms with Gasteiger partial charge in [0, 0.05) is 0 Å². The SMILES string of the molecule is OCC[NH+]1C=NCC1.[OH-]. The van der Waals surface area contributed by atoms with Gasteiger partial charge in [-0.2, -0.15) is 0 Å². The second kappa shape index (κ2) is 4.43. The largest absolute Gasteiger partial charge is 0.870 e. The number of hydrogen-bond acceptors (Lipinski definition) is 3. The zero-order chi connectivity index (χ0) is 5.82. The van der Waals surface area contributed by atoms with Gasteiger partial charge in [-0.3, -0.25) is 4.90 Å². The third kappa shape index (κ3) is 2.55. The molecule has 0 radical (unpaired) electrons. The molecule has 4 heteroatoms. The van der Waals surface area contributed by atoms with E-state index >= 15 is 0 Å². The van der Waals surface area contributed by atoms with E-state index < -0.39 is 0 Å². The van der Waals surface area contributed by atoms with Crippen LogP contribution in [0, 0.1) is 0 Å². The van der Waals surface area contributed by atoms with Gasteiger partial charge in [-0.25, -0.2) is 4.99 Å².